The Morgan fingerprint density at radius 3 is 2.57 bits per heavy atom. The number of hydrogen-bond acceptors (Lipinski definition) is 3. The van der Waals surface area contributed by atoms with E-state index in [0.717, 1.165) is 18.2 Å². The fraction of sp³-hybridized carbons (Fsp3) is 0.357. The Hall–Kier alpha value is -2.58. The molecule has 6 nitrogen and oxygen atoms in total. The average Bonchev–Trinajstić information content (AvgIpc) is 2.71. The Morgan fingerprint density at radius 1 is 1.35 bits per heavy atom. The first-order chi connectivity index (χ1) is 10.6. The maximum atomic E-state index is 12.8. The molecular formula is C14H14F3N3O3. The lowest BCUT2D eigenvalue weighted by atomic mass is 9.90. The van der Waals surface area contributed by atoms with Crippen molar-refractivity contribution in [3.05, 3.63) is 35.4 Å². The van der Waals surface area contributed by atoms with Crippen molar-refractivity contribution in [2.24, 2.45) is 0 Å². The number of likely N-dealkylation sites (N-methyl/N-ethyl adjacent to an activating group) is 1. The van der Waals surface area contributed by atoms with Crippen molar-refractivity contribution in [1.82, 2.24) is 15.5 Å². The number of halogens is 3. The highest BCUT2D eigenvalue weighted by molar-refractivity contribution is 6.09. The molecule has 1 aliphatic rings. The van der Waals surface area contributed by atoms with E-state index in [1.54, 1.807) is 0 Å². The molecule has 0 bridgehead atoms. The molecule has 1 saturated heterocycles. The van der Waals surface area contributed by atoms with Crippen LogP contribution in [0, 0.1) is 0 Å². The minimum atomic E-state index is -4.57. The number of rotatable bonds is 3. The number of carbonyl (C=O) groups is 3. The topological polar surface area (TPSA) is 78.5 Å². The lowest BCUT2D eigenvalue weighted by Crippen LogP contribution is -2.42. The van der Waals surface area contributed by atoms with Crippen LogP contribution in [0.2, 0.25) is 0 Å². The molecule has 1 fully saturated rings. The monoisotopic (exact) mass is 329 g/mol. The Morgan fingerprint density at radius 2 is 2.00 bits per heavy atom. The molecule has 1 aromatic rings. The molecule has 4 amide bonds. The zero-order valence-corrected chi connectivity index (χ0v) is 12.3. The van der Waals surface area contributed by atoms with E-state index in [4.69, 9.17) is 0 Å². The summed E-state index contributed by atoms with van der Waals surface area (Å²) in [6.07, 6.45) is -4.57. The van der Waals surface area contributed by atoms with E-state index in [1.165, 1.54) is 20.0 Å². The van der Waals surface area contributed by atoms with Gasteiger partial charge in [-0.1, -0.05) is 12.1 Å². The molecule has 23 heavy (non-hydrogen) atoms. The van der Waals surface area contributed by atoms with E-state index < -0.39 is 41.7 Å². The first-order valence-electron chi connectivity index (χ1n) is 6.62. The maximum absolute atomic E-state index is 12.8. The first-order valence-corrected chi connectivity index (χ1v) is 6.62. The molecule has 1 aromatic carbocycles. The fourth-order valence-electron chi connectivity index (χ4n) is 2.27. The molecule has 1 atom stereocenters. The second kappa shape index (κ2) is 5.56. The number of alkyl halides is 3. The van der Waals surface area contributed by atoms with Crippen LogP contribution in [-0.2, 0) is 21.3 Å². The lowest BCUT2D eigenvalue weighted by molar-refractivity contribution is -0.138. The molecule has 0 aliphatic carbocycles. The van der Waals surface area contributed by atoms with Crippen molar-refractivity contribution in [3.8, 4) is 0 Å². The smallest absolute Gasteiger partial charge is 0.358 e. The van der Waals surface area contributed by atoms with Crippen molar-refractivity contribution in [2.75, 3.05) is 13.6 Å². The van der Waals surface area contributed by atoms with Gasteiger partial charge in [0.1, 0.15) is 12.1 Å². The third-order valence-electron chi connectivity index (χ3n) is 3.62. The lowest BCUT2D eigenvalue weighted by Gasteiger charge is -2.23. The summed E-state index contributed by atoms with van der Waals surface area (Å²) in [5.41, 5.74) is -2.60. The molecule has 0 saturated carbocycles. The predicted octanol–water partition coefficient (Wildman–Crippen LogP) is 1.22. The van der Waals surface area contributed by atoms with Crippen molar-refractivity contribution >= 4 is 17.8 Å². The second-order valence-corrected chi connectivity index (χ2v) is 5.20. The summed E-state index contributed by atoms with van der Waals surface area (Å²) in [6, 6.07) is 3.32. The highest BCUT2D eigenvalue weighted by Gasteiger charge is 2.50. The minimum Gasteiger partial charge on any atom is -0.358 e. The van der Waals surface area contributed by atoms with Gasteiger partial charge in [-0.15, -0.1) is 0 Å². The Labute approximate surface area is 129 Å². The molecule has 0 aromatic heterocycles. The zero-order chi connectivity index (χ0) is 17.4. The Kier molecular flexibility index (Phi) is 4.06. The molecule has 1 aliphatic heterocycles. The Bertz CT molecular complexity index is 675. The van der Waals surface area contributed by atoms with E-state index in [2.05, 4.69) is 10.6 Å². The molecule has 0 radical (unpaired) electrons. The van der Waals surface area contributed by atoms with Crippen LogP contribution < -0.4 is 10.6 Å². The molecule has 2 N–H and O–H groups in total. The third-order valence-corrected chi connectivity index (χ3v) is 3.62. The van der Waals surface area contributed by atoms with Gasteiger partial charge < -0.3 is 10.6 Å². The SMILES string of the molecule is CNC(=O)CN1C(=O)N[C@](C)(c2cccc(C(F)(F)F)c2)C1=O. The molecule has 124 valence electrons. The summed E-state index contributed by atoms with van der Waals surface area (Å²) in [4.78, 5) is 36.4. The van der Waals surface area contributed by atoms with Crippen LogP contribution in [0.5, 0.6) is 0 Å². The van der Waals surface area contributed by atoms with Crippen LogP contribution in [0.3, 0.4) is 0 Å². The standard InChI is InChI=1S/C14H14F3N3O3/c1-13(8-4-3-5-9(6-8)14(15,16)17)11(22)20(12(23)19-13)7-10(21)18-2/h3-6H,7H2,1-2H3,(H,18,21)(H,19,23)/t13-/m1/s1. The number of benzene rings is 1. The van der Waals surface area contributed by atoms with Gasteiger partial charge in [0.25, 0.3) is 5.91 Å². The van der Waals surface area contributed by atoms with E-state index >= 15 is 0 Å². The molecule has 0 spiro atoms. The van der Waals surface area contributed by atoms with Gasteiger partial charge in [-0.25, -0.2) is 4.79 Å². The third kappa shape index (κ3) is 2.99. The van der Waals surface area contributed by atoms with Gasteiger partial charge >= 0.3 is 12.2 Å². The van der Waals surface area contributed by atoms with Gasteiger partial charge in [-0.3, -0.25) is 14.5 Å². The van der Waals surface area contributed by atoms with E-state index in [-0.39, 0.29) is 5.56 Å². The summed E-state index contributed by atoms with van der Waals surface area (Å²) in [5.74, 6) is -1.35. The van der Waals surface area contributed by atoms with Crippen molar-refractivity contribution in [2.45, 2.75) is 18.6 Å². The van der Waals surface area contributed by atoms with Gasteiger partial charge in [0.15, 0.2) is 0 Å². The molecule has 1 heterocycles. The summed E-state index contributed by atoms with van der Waals surface area (Å²) < 4.78 is 38.4. The number of nitrogens with zero attached hydrogens (tertiary/aromatic N) is 1. The fourth-order valence-corrected chi connectivity index (χ4v) is 2.27. The number of imide groups is 1. The van der Waals surface area contributed by atoms with Crippen LogP contribution in [0.4, 0.5) is 18.0 Å². The van der Waals surface area contributed by atoms with Gasteiger partial charge in [-0.2, -0.15) is 13.2 Å². The van der Waals surface area contributed by atoms with Crippen LogP contribution in [-0.4, -0.2) is 36.3 Å². The highest BCUT2D eigenvalue weighted by atomic mass is 19.4. The highest BCUT2D eigenvalue weighted by Crippen LogP contribution is 2.34. The van der Waals surface area contributed by atoms with Crippen LogP contribution in [0.15, 0.2) is 24.3 Å². The van der Waals surface area contributed by atoms with Crippen molar-refractivity contribution in [1.29, 1.82) is 0 Å². The van der Waals surface area contributed by atoms with Gasteiger partial charge in [0.2, 0.25) is 5.91 Å². The Balaban J connectivity index is 2.38. The van der Waals surface area contributed by atoms with Crippen molar-refractivity contribution in [3.63, 3.8) is 0 Å². The summed E-state index contributed by atoms with van der Waals surface area (Å²) in [6.45, 7) is 0.794. The molecular weight excluding hydrogens is 315 g/mol. The molecule has 0 unspecified atom stereocenters. The maximum Gasteiger partial charge on any atom is 0.416 e. The van der Waals surface area contributed by atoms with E-state index in [0.29, 0.717) is 4.90 Å². The van der Waals surface area contributed by atoms with Gasteiger partial charge in [-0.05, 0) is 24.6 Å². The van der Waals surface area contributed by atoms with Crippen molar-refractivity contribution < 1.29 is 27.6 Å². The van der Waals surface area contributed by atoms with E-state index in [9.17, 15) is 27.6 Å². The first kappa shape index (κ1) is 16.8. The number of nitrogens with one attached hydrogen (secondary N) is 2. The number of carbonyl (C=O) groups excluding carboxylic acids is 3. The summed E-state index contributed by atoms with van der Waals surface area (Å²) >= 11 is 0. The normalized spacial score (nSPS) is 21.3. The van der Waals surface area contributed by atoms with Crippen LogP contribution in [0.25, 0.3) is 0 Å². The van der Waals surface area contributed by atoms with Gasteiger partial charge in [0.05, 0.1) is 5.56 Å². The van der Waals surface area contributed by atoms with Crippen LogP contribution in [0.1, 0.15) is 18.1 Å². The largest absolute Gasteiger partial charge is 0.416 e. The molecule has 9 heteroatoms. The minimum absolute atomic E-state index is 0.00918. The number of urea groups is 1. The second-order valence-electron chi connectivity index (χ2n) is 5.20. The zero-order valence-electron chi connectivity index (χ0n) is 12.3. The quantitative estimate of drug-likeness (QED) is 0.819. The van der Waals surface area contributed by atoms with Gasteiger partial charge in [0, 0.05) is 7.05 Å². The number of hydrogen-bond donors (Lipinski definition) is 2. The summed E-state index contributed by atoms with van der Waals surface area (Å²) in [5, 5.41) is 4.61. The number of amides is 4. The predicted molar refractivity (Wildman–Crippen MR) is 73.1 cm³/mol. The average molecular weight is 329 g/mol. The van der Waals surface area contributed by atoms with Crippen LogP contribution >= 0.6 is 0 Å². The van der Waals surface area contributed by atoms with E-state index in [1.807, 2.05) is 0 Å². The molecule has 2 rings (SSSR count). The summed E-state index contributed by atoms with van der Waals surface area (Å²) in [7, 11) is 1.34.